The SMILES string of the molecule is CC(C)c1ccc(CN2CCCCC2)c(O)c(=O)c1. The lowest BCUT2D eigenvalue weighted by Gasteiger charge is -2.26. The highest BCUT2D eigenvalue weighted by Crippen LogP contribution is 2.19. The molecular weight excluding hydrogens is 238 g/mol. The van der Waals surface area contributed by atoms with E-state index in [4.69, 9.17) is 0 Å². The molecule has 1 aliphatic heterocycles. The van der Waals surface area contributed by atoms with Crippen molar-refractivity contribution in [2.24, 2.45) is 0 Å². The molecule has 0 unspecified atom stereocenters. The van der Waals surface area contributed by atoms with Crippen LogP contribution in [-0.4, -0.2) is 23.1 Å². The minimum atomic E-state index is -0.263. The second-order valence-electron chi connectivity index (χ2n) is 5.71. The smallest absolute Gasteiger partial charge is 0.220 e. The summed E-state index contributed by atoms with van der Waals surface area (Å²) >= 11 is 0. The lowest BCUT2D eigenvalue weighted by atomic mass is 10.1. The predicted molar refractivity (Wildman–Crippen MR) is 77.6 cm³/mol. The van der Waals surface area contributed by atoms with Crippen molar-refractivity contribution in [3.63, 3.8) is 0 Å². The molecule has 2 rings (SSSR count). The Bertz CT molecular complexity index is 491. The molecule has 0 aromatic heterocycles. The summed E-state index contributed by atoms with van der Waals surface area (Å²) in [7, 11) is 0. The molecule has 0 spiro atoms. The second kappa shape index (κ2) is 6.20. The van der Waals surface area contributed by atoms with Gasteiger partial charge >= 0.3 is 0 Å². The standard InChI is InChI=1S/C16H23NO2/c1-12(2)13-6-7-14(16(19)15(18)10-13)11-17-8-4-3-5-9-17/h6-7,10,12H,3-5,8-9,11H2,1-2H3,(H,18,19). The van der Waals surface area contributed by atoms with Crippen LogP contribution in [0.25, 0.3) is 0 Å². The van der Waals surface area contributed by atoms with E-state index in [0.29, 0.717) is 12.5 Å². The van der Waals surface area contributed by atoms with Crippen LogP contribution >= 0.6 is 0 Å². The van der Waals surface area contributed by atoms with Crippen molar-refractivity contribution in [3.8, 4) is 5.75 Å². The second-order valence-corrected chi connectivity index (χ2v) is 5.71. The van der Waals surface area contributed by atoms with Gasteiger partial charge in [-0.2, -0.15) is 0 Å². The van der Waals surface area contributed by atoms with Crippen molar-refractivity contribution >= 4 is 0 Å². The summed E-state index contributed by atoms with van der Waals surface area (Å²) in [6.45, 7) is 6.89. The van der Waals surface area contributed by atoms with E-state index < -0.39 is 0 Å². The van der Waals surface area contributed by atoms with Gasteiger partial charge in [-0.15, -0.1) is 0 Å². The molecule has 1 aromatic rings. The van der Waals surface area contributed by atoms with Gasteiger partial charge in [0.25, 0.3) is 0 Å². The Morgan fingerprint density at radius 2 is 1.89 bits per heavy atom. The molecular formula is C16H23NO2. The molecule has 19 heavy (non-hydrogen) atoms. The molecule has 1 aromatic carbocycles. The number of hydrogen-bond acceptors (Lipinski definition) is 3. The first-order chi connectivity index (χ1) is 9.08. The van der Waals surface area contributed by atoms with Crippen molar-refractivity contribution < 1.29 is 5.11 Å². The first-order valence-corrected chi connectivity index (χ1v) is 7.16. The van der Waals surface area contributed by atoms with E-state index in [1.54, 1.807) is 6.07 Å². The Hall–Kier alpha value is -1.35. The van der Waals surface area contributed by atoms with Crippen LogP contribution in [0.5, 0.6) is 5.75 Å². The van der Waals surface area contributed by atoms with Gasteiger partial charge < -0.3 is 5.11 Å². The zero-order valence-corrected chi connectivity index (χ0v) is 11.9. The Kier molecular flexibility index (Phi) is 4.59. The largest absolute Gasteiger partial charge is 0.504 e. The van der Waals surface area contributed by atoms with Gasteiger partial charge in [-0.05, 0) is 43.5 Å². The van der Waals surface area contributed by atoms with Gasteiger partial charge in [0.05, 0.1) is 0 Å². The highest BCUT2D eigenvalue weighted by molar-refractivity contribution is 5.34. The third-order valence-electron chi connectivity index (χ3n) is 3.82. The van der Waals surface area contributed by atoms with Crippen molar-refractivity contribution in [2.45, 2.75) is 45.6 Å². The molecule has 1 heterocycles. The van der Waals surface area contributed by atoms with E-state index in [1.807, 2.05) is 12.1 Å². The number of rotatable bonds is 3. The van der Waals surface area contributed by atoms with E-state index in [9.17, 15) is 9.90 Å². The topological polar surface area (TPSA) is 40.5 Å². The van der Waals surface area contributed by atoms with Crippen LogP contribution in [0.2, 0.25) is 0 Å². The monoisotopic (exact) mass is 261 g/mol. The number of piperidine rings is 1. The first-order valence-electron chi connectivity index (χ1n) is 7.16. The lowest BCUT2D eigenvalue weighted by Crippen LogP contribution is -2.29. The van der Waals surface area contributed by atoms with Crippen molar-refractivity contribution in [1.82, 2.24) is 4.90 Å². The van der Waals surface area contributed by atoms with Crippen LogP contribution in [0.1, 0.15) is 50.2 Å². The summed E-state index contributed by atoms with van der Waals surface area (Å²) in [6.07, 6.45) is 3.71. The maximum atomic E-state index is 11.9. The van der Waals surface area contributed by atoms with E-state index in [1.165, 1.54) is 19.3 Å². The normalized spacial score (nSPS) is 16.8. The highest BCUT2D eigenvalue weighted by atomic mass is 16.3. The summed E-state index contributed by atoms with van der Waals surface area (Å²) in [5, 5.41) is 10.1. The van der Waals surface area contributed by atoms with Crippen LogP contribution < -0.4 is 5.43 Å². The molecule has 0 amide bonds. The molecule has 3 heteroatoms. The lowest BCUT2D eigenvalue weighted by molar-refractivity contribution is 0.218. The van der Waals surface area contributed by atoms with E-state index in [2.05, 4.69) is 18.7 Å². The van der Waals surface area contributed by atoms with Gasteiger partial charge in [-0.3, -0.25) is 9.69 Å². The summed E-state index contributed by atoms with van der Waals surface area (Å²) in [5.41, 5.74) is 1.46. The van der Waals surface area contributed by atoms with Crippen molar-refractivity contribution in [1.29, 1.82) is 0 Å². The zero-order valence-electron chi connectivity index (χ0n) is 11.9. The first kappa shape index (κ1) is 14.1. The van der Waals surface area contributed by atoms with Crippen LogP contribution in [0.4, 0.5) is 0 Å². The van der Waals surface area contributed by atoms with Crippen LogP contribution in [-0.2, 0) is 6.54 Å². The molecule has 0 atom stereocenters. The molecule has 0 aliphatic carbocycles. The van der Waals surface area contributed by atoms with Crippen LogP contribution in [0, 0.1) is 0 Å². The Morgan fingerprint density at radius 3 is 2.53 bits per heavy atom. The summed E-state index contributed by atoms with van der Waals surface area (Å²) < 4.78 is 0. The fourth-order valence-corrected chi connectivity index (χ4v) is 2.55. The Balaban J connectivity index is 2.27. The maximum Gasteiger partial charge on any atom is 0.220 e. The van der Waals surface area contributed by atoms with Crippen molar-refractivity contribution in [3.05, 3.63) is 39.5 Å². The maximum absolute atomic E-state index is 11.9. The number of likely N-dealkylation sites (tertiary alicyclic amines) is 1. The Morgan fingerprint density at radius 1 is 1.21 bits per heavy atom. The van der Waals surface area contributed by atoms with E-state index >= 15 is 0 Å². The minimum absolute atomic E-state index is 0.0857. The minimum Gasteiger partial charge on any atom is -0.504 e. The number of hydrogen-bond donors (Lipinski definition) is 1. The molecule has 104 valence electrons. The molecule has 1 fully saturated rings. The molecule has 1 aliphatic rings. The van der Waals surface area contributed by atoms with Crippen LogP contribution in [0.15, 0.2) is 23.0 Å². The summed E-state index contributed by atoms with van der Waals surface area (Å²) in [6, 6.07) is 5.42. The number of nitrogens with zero attached hydrogens (tertiary/aromatic N) is 1. The fourth-order valence-electron chi connectivity index (χ4n) is 2.55. The molecule has 1 saturated heterocycles. The van der Waals surface area contributed by atoms with E-state index in [0.717, 1.165) is 24.2 Å². The molecule has 1 N–H and O–H groups in total. The predicted octanol–water partition coefficient (Wildman–Crippen LogP) is 2.86. The fraction of sp³-hybridized carbons (Fsp3) is 0.562. The molecule has 0 saturated carbocycles. The molecule has 3 nitrogen and oxygen atoms in total. The quantitative estimate of drug-likeness (QED) is 0.909. The van der Waals surface area contributed by atoms with Crippen LogP contribution in [0.3, 0.4) is 0 Å². The van der Waals surface area contributed by atoms with Gasteiger partial charge in [-0.1, -0.05) is 32.4 Å². The summed E-state index contributed by atoms with van der Waals surface area (Å²) in [5.74, 6) is 0.208. The van der Waals surface area contributed by atoms with E-state index in [-0.39, 0.29) is 11.2 Å². The van der Waals surface area contributed by atoms with Gasteiger partial charge in [0.1, 0.15) is 0 Å². The zero-order chi connectivity index (χ0) is 13.8. The average Bonchev–Trinajstić information content (AvgIpc) is 2.53. The third kappa shape index (κ3) is 3.57. The summed E-state index contributed by atoms with van der Waals surface area (Å²) in [4.78, 5) is 14.3. The Labute approximate surface area is 114 Å². The van der Waals surface area contributed by atoms with Gasteiger partial charge in [0.15, 0.2) is 5.75 Å². The van der Waals surface area contributed by atoms with Gasteiger partial charge in [-0.25, -0.2) is 0 Å². The third-order valence-corrected chi connectivity index (χ3v) is 3.82. The van der Waals surface area contributed by atoms with Gasteiger partial charge in [0.2, 0.25) is 5.43 Å². The number of aromatic hydroxyl groups is 1. The molecule has 0 bridgehead atoms. The average molecular weight is 261 g/mol. The van der Waals surface area contributed by atoms with Crippen molar-refractivity contribution in [2.75, 3.05) is 13.1 Å². The van der Waals surface area contributed by atoms with Gasteiger partial charge in [0, 0.05) is 12.1 Å². The molecule has 0 radical (unpaired) electrons. The highest BCUT2D eigenvalue weighted by Gasteiger charge is 2.13.